The van der Waals surface area contributed by atoms with Gasteiger partial charge in [-0.3, -0.25) is 11.3 Å². The summed E-state index contributed by atoms with van der Waals surface area (Å²) >= 11 is 0. The van der Waals surface area contributed by atoms with Gasteiger partial charge in [-0.2, -0.15) is 0 Å². The second-order valence-electron chi connectivity index (χ2n) is 8.18. The Morgan fingerprint density at radius 2 is 0.867 bits per heavy atom. The van der Waals surface area contributed by atoms with Crippen LogP contribution in [0.15, 0.2) is 91.0 Å². The van der Waals surface area contributed by atoms with Crippen molar-refractivity contribution in [1.29, 1.82) is 0 Å². The number of nitrogens with two attached hydrogens (primary N) is 1. The average molecular weight is 401 g/mol. The monoisotopic (exact) mass is 400 g/mol. The summed E-state index contributed by atoms with van der Waals surface area (Å²) in [5, 5.41) is 0. The maximum Gasteiger partial charge on any atom is 0.0451 e. The fourth-order valence-corrected chi connectivity index (χ4v) is 4.60. The minimum absolute atomic E-state index is 0.101. The van der Waals surface area contributed by atoms with E-state index in [9.17, 15) is 0 Å². The molecule has 0 atom stereocenters. The number of hydrazine groups is 1. The van der Waals surface area contributed by atoms with Crippen LogP contribution < -0.4 is 11.3 Å². The maximum atomic E-state index is 5.34. The molecule has 0 unspecified atom stereocenters. The first-order valence-corrected chi connectivity index (χ1v) is 11.5. The summed E-state index contributed by atoms with van der Waals surface area (Å²) in [6.45, 7) is 0.924. The van der Waals surface area contributed by atoms with Gasteiger partial charge >= 0.3 is 0 Å². The standard InChI is InChI=1S/C28H36N2/c29-30-24-16-5-3-1-2-4-15-23-28(25-17-9-6-10-18-25,26-19-11-7-12-20-26)27-21-13-8-14-22-27/h6-14,17-22,30H,1-5,15-16,23-24,29H2. The molecule has 2 heteroatoms. The van der Waals surface area contributed by atoms with E-state index < -0.39 is 0 Å². The second-order valence-corrected chi connectivity index (χ2v) is 8.18. The topological polar surface area (TPSA) is 38.0 Å². The molecule has 0 amide bonds. The third kappa shape index (κ3) is 5.81. The molecule has 2 nitrogen and oxygen atoms in total. The molecule has 0 bridgehead atoms. The Labute approximate surface area is 182 Å². The Bertz CT molecular complexity index is 718. The lowest BCUT2D eigenvalue weighted by atomic mass is 9.66. The Morgan fingerprint density at radius 3 is 1.27 bits per heavy atom. The zero-order valence-electron chi connectivity index (χ0n) is 18.1. The van der Waals surface area contributed by atoms with Gasteiger partial charge < -0.3 is 0 Å². The van der Waals surface area contributed by atoms with Crippen LogP contribution in [0.5, 0.6) is 0 Å². The SMILES string of the molecule is NNCCCCCCCCCC(c1ccccc1)(c1ccccc1)c1ccccc1. The van der Waals surface area contributed by atoms with Crippen molar-refractivity contribution in [3.8, 4) is 0 Å². The van der Waals surface area contributed by atoms with Gasteiger partial charge in [0.15, 0.2) is 0 Å². The lowest BCUT2D eigenvalue weighted by Crippen LogP contribution is -2.29. The molecule has 0 aromatic heterocycles. The molecule has 0 saturated heterocycles. The minimum Gasteiger partial charge on any atom is -0.271 e. The van der Waals surface area contributed by atoms with E-state index >= 15 is 0 Å². The zero-order valence-corrected chi connectivity index (χ0v) is 18.1. The molecule has 0 heterocycles. The first-order chi connectivity index (χ1) is 14.9. The van der Waals surface area contributed by atoms with E-state index in [-0.39, 0.29) is 5.41 Å². The molecule has 0 spiro atoms. The number of hydrogen-bond acceptors (Lipinski definition) is 2. The highest BCUT2D eigenvalue weighted by Crippen LogP contribution is 2.43. The number of nitrogens with one attached hydrogen (secondary N) is 1. The van der Waals surface area contributed by atoms with Crippen molar-refractivity contribution < 1.29 is 0 Å². The van der Waals surface area contributed by atoms with Crippen molar-refractivity contribution in [2.24, 2.45) is 5.84 Å². The van der Waals surface area contributed by atoms with Crippen LogP contribution in [-0.4, -0.2) is 6.54 Å². The first kappa shape index (κ1) is 22.3. The van der Waals surface area contributed by atoms with Crippen LogP contribution in [0.3, 0.4) is 0 Å². The molecule has 3 aromatic carbocycles. The Morgan fingerprint density at radius 1 is 0.500 bits per heavy atom. The molecule has 0 aliphatic heterocycles. The van der Waals surface area contributed by atoms with Gasteiger partial charge in [-0.25, -0.2) is 0 Å². The smallest absolute Gasteiger partial charge is 0.0451 e. The van der Waals surface area contributed by atoms with Crippen LogP contribution in [0.4, 0.5) is 0 Å². The molecular formula is C28H36N2. The van der Waals surface area contributed by atoms with Crippen molar-refractivity contribution in [2.75, 3.05) is 6.54 Å². The van der Waals surface area contributed by atoms with Gasteiger partial charge in [0.25, 0.3) is 0 Å². The predicted molar refractivity (Wildman–Crippen MR) is 128 cm³/mol. The molecule has 0 fully saturated rings. The molecular weight excluding hydrogens is 364 g/mol. The average Bonchev–Trinajstić information content (AvgIpc) is 2.82. The second kappa shape index (κ2) is 12.3. The predicted octanol–water partition coefficient (Wildman–Crippen LogP) is 6.61. The van der Waals surface area contributed by atoms with Gasteiger partial charge in [-0.05, 0) is 29.5 Å². The molecule has 3 rings (SSSR count). The number of benzene rings is 3. The van der Waals surface area contributed by atoms with E-state index in [2.05, 4.69) is 96.4 Å². The summed E-state index contributed by atoms with van der Waals surface area (Å²) in [5.74, 6) is 5.34. The summed E-state index contributed by atoms with van der Waals surface area (Å²) in [6, 6.07) is 33.2. The van der Waals surface area contributed by atoms with E-state index in [1.54, 1.807) is 0 Å². The highest BCUT2D eigenvalue weighted by molar-refractivity contribution is 5.50. The summed E-state index contributed by atoms with van der Waals surface area (Å²) in [5.41, 5.74) is 6.80. The van der Waals surface area contributed by atoms with E-state index in [1.165, 1.54) is 61.6 Å². The Balaban J connectivity index is 1.77. The lowest BCUT2D eigenvalue weighted by Gasteiger charge is -2.36. The molecule has 3 N–H and O–H groups in total. The number of rotatable bonds is 13. The molecule has 30 heavy (non-hydrogen) atoms. The first-order valence-electron chi connectivity index (χ1n) is 11.5. The number of hydrogen-bond donors (Lipinski definition) is 2. The van der Waals surface area contributed by atoms with Crippen molar-refractivity contribution in [2.45, 2.75) is 56.8 Å². The van der Waals surface area contributed by atoms with Crippen molar-refractivity contribution in [3.63, 3.8) is 0 Å². The molecule has 3 aromatic rings. The molecule has 0 aliphatic rings. The molecule has 0 aliphatic carbocycles. The van der Waals surface area contributed by atoms with Crippen molar-refractivity contribution in [3.05, 3.63) is 108 Å². The van der Waals surface area contributed by atoms with Crippen LogP contribution in [0.2, 0.25) is 0 Å². The van der Waals surface area contributed by atoms with E-state index in [4.69, 9.17) is 5.84 Å². The Kier molecular flexibility index (Phi) is 9.14. The van der Waals surface area contributed by atoms with Crippen LogP contribution in [0.1, 0.15) is 68.1 Å². The zero-order chi connectivity index (χ0) is 20.9. The van der Waals surface area contributed by atoms with Crippen LogP contribution in [0, 0.1) is 0 Å². The van der Waals surface area contributed by atoms with Gasteiger partial charge in [0.1, 0.15) is 0 Å². The van der Waals surface area contributed by atoms with E-state index in [0.29, 0.717) is 0 Å². The quantitative estimate of drug-likeness (QED) is 0.147. The van der Waals surface area contributed by atoms with E-state index in [1.807, 2.05) is 0 Å². The molecule has 158 valence electrons. The van der Waals surface area contributed by atoms with Crippen LogP contribution in [-0.2, 0) is 5.41 Å². The third-order valence-corrected chi connectivity index (χ3v) is 6.17. The fraction of sp³-hybridized carbons (Fsp3) is 0.357. The third-order valence-electron chi connectivity index (χ3n) is 6.17. The Hall–Kier alpha value is -2.42. The van der Waals surface area contributed by atoms with E-state index in [0.717, 1.165) is 13.0 Å². The molecule has 0 saturated carbocycles. The molecule has 0 radical (unpaired) electrons. The van der Waals surface area contributed by atoms with Crippen molar-refractivity contribution >= 4 is 0 Å². The van der Waals surface area contributed by atoms with Gasteiger partial charge in [-0.1, -0.05) is 130 Å². The highest BCUT2D eigenvalue weighted by Gasteiger charge is 2.35. The summed E-state index contributed by atoms with van der Waals surface area (Å²) in [7, 11) is 0. The van der Waals surface area contributed by atoms with Gasteiger partial charge in [-0.15, -0.1) is 0 Å². The number of unbranched alkanes of at least 4 members (excludes halogenated alkanes) is 6. The maximum absolute atomic E-state index is 5.34. The van der Waals surface area contributed by atoms with Gasteiger partial charge in [0.05, 0.1) is 0 Å². The summed E-state index contributed by atoms with van der Waals surface area (Å²) < 4.78 is 0. The highest BCUT2D eigenvalue weighted by atomic mass is 15.2. The van der Waals surface area contributed by atoms with Gasteiger partial charge in [0, 0.05) is 12.0 Å². The van der Waals surface area contributed by atoms with Crippen LogP contribution in [0.25, 0.3) is 0 Å². The van der Waals surface area contributed by atoms with Crippen molar-refractivity contribution in [1.82, 2.24) is 5.43 Å². The van der Waals surface area contributed by atoms with Crippen LogP contribution >= 0.6 is 0 Å². The normalized spacial score (nSPS) is 11.5. The largest absolute Gasteiger partial charge is 0.271 e. The van der Waals surface area contributed by atoms with Gasteiger partial charge in [0.2, 0.25) is 0 Å². The summed E-state index contributed by atoms with van der Waals surface area (Å²) in [4.78, 5) is 0. The summed E-state index contributed by atoms with van der Waals surface area (Å²) in [6.07, 6.45) is 10.0. The minimum atomic E-state index is -0.101. The fourth-order valence-electron chi connectivity index (χ4n) is 4.60. The lowest BCUT2D eigenvalue weighted by molar-refractivity contribution is 0.494.